The van der Waals surface area contributed by atoms with E-state index in [4.69, 9.17) is 0 Å². The van der Waals surface area contributed by atoms with Gasteiger partial charge in [0.25, 0.3) is 0 Å². The summed E-state index contributed by atoms with van der Waals surface area (Å²) < 4.78 is 29.9. The van der Waals surface area contributed by atoms with E-state index in [-0.39, 0.29) is 6.04 Å². The summed E-state index contributed by atoms with van der Waals surface area (Å²) in [5.41, 5.74) is 3.87. The molecule has 0 radical (unpaired) electrons. The lowest BCUT2D eigenvalue weighted by atomic mass is 10.0. The molecule has 0 fully saturated rings. The second-order valence-electron chi connectivity index (χ2n) is 6.29. The van der Waals surface area contributed by atoms with E-state index in [1.165, 1.54) is 0 Å². The number of benzene rings is 2. The van der Waals surface area contributed by atoms with Crippen molar-refractivity contribution >= 4 is 21.6 Å². The number of fused-ring (bicyclic) bond motifs is 2. The second kappa shape index (κ2) is 5.27. The van der Waals surface area contributed by atoms with Crippen LogP contribution in [0.2, 0.25) is 0 Å². The number of nitrogens with zero attached hydrogens (tertiary/aromatic N) is 2. The van der Waals surface area contributed by atoms with Gasteiger partial charge in [-0.15, -0.1) is 0 Å². The van der Waals surface area contributed by atoms with Gasteiger partial charge in [-0.05, 0) is 49.4 Å². The summed E-state index contributed by atoms with van der Waals surface area (Å²) in [6.07, 6.45) is 2.57. The van der Waals surface area contributed by atoms with Crippen LogP contribution in [0.5, 0.6) is 0 Å². The lowest BCUT2D eigenvalue weighted by Crippen LogP contribution is -2.48. The molecule has 0 amide bonds. The van der Waals surface area contributed by atoms with E-state index in [9.17, 15) is 8.42 Å². The van der Waals surface area contributed by atoms with Crippen LogP contribution in [0.3, 0.4) is 0 Å². The summed E-state index contributed by atoms with van der Waals surface area (Å²) in [6, 6.07) is 15.6. The number of rotatable bonds is 2. The molecule has 2 aromatic rings. The monoisotopic (exact) mass is 328 g/mol. The first kappa shape index (κ1) is 14.6. The Kier molecular flexibility index (Phi) is 3.34. The molecule has 2 heterocycles. The van der Waals surface area contributed by atoms with Crippen molar-refractivity contribution in [3.05, 3.63) is 59.7 Å². The molecule has 4 rings (SSSR count). The smallest absolute Gasteiger partial charge is 0.253 e. The van der Waals surface area contributed by atoms with Gasteiger partial charge in [0.1, 0.15) is 0 Å². The molecule has 0 N–H and O–H groups in total. The van der Waals surface area contributed by atoms with Crippen molar-refractivity contribution in [2.45, 2.75) is 32.2 Å². The van der Waals surface area contributed by atoms with Gasteiger partial charge in [-0.2, -0.15) is 8.42 Å². The van der Waals surface area contributed by atoms with Crippen LogP contribution in [0.4, 0.5) is 11.4 Å². The van der Waals surface area contributed by atoms with Gasteiger partial charge in [-0.3, -0.25) is 4.31 Å². The Labute approximate surface area is 137 Å². The predicted molar refractivity (Wildman–Crippen MR) is 93.1 cm³/mol. The number of hydrogen-bond donors (Lipinski definition) is 0. The normalized spacial score (nSPS) is 20.3. The van der Waals surface area contributed by atoms with Gasteiger partial charge in [0, 0.05) is 12.6 Å². The molecular weight excluding hydrogens is 308 g/mol. The van der Waals surface area contributed by atoms with Crippen LogP contribution < -0.4 is 8.61 Å². The van der Waals surface area contributed by atoms with E-state index in [1.54, 1.807) is 8.61 Å². The maximum atomic E-state index is 13.4. The summed E-state index contributed by atoms with van der Waals surface area (Å²) in [7, 11) is -3.57. The molecular formula is C18H20N2O2S. The number of hydrogen-bond acceptors (Lipinski definition) is 2. The molecule has 1 unspecified atom stereocenters. The van der Waals surface area contributed by atoms with Crippen LogP contribution >= 0.6 is 0 Å². The fourth-order valence-corrected chi connectivity index (χ4v) is 5.69. The van der Waals surface area contributed by atoms with Crippen LogP contribution in [-0.4, -0.2) is 21.0 Å². The van der Waals surface area contributed by atoms with Crippen LogP contribution in [0.1, 0.15) is 24.5 Å². The Morgan fingerprint density at radius 3 is 2.39 bits per heavy atom. The maximum Gasteiger partial charge on any atom is 0.326 e. The first-order valence-electron chi connectivity index (χ1n) is 8.07. The van der Waals surface area contributed by atoms with Crippen molar-refractivity contribution in [1.29, 1.82) is 0 Å². The average molecular weight is 328 g/mol. The van der Waals surface area contributed by atoms with E-state index < -0.39 is 10.2 Å². The zero-order valence-electron chi connectivity index (χ0n) is 13.1. The van der Waals surface area contributed by atoms with E-state index in [1.807, 2.05) is 55.5 Å². The minimum Gasteiger partial charge on any atom is -0.253 e. The average Bonchev–Trinajstić information content (AvgIpc) is 2.90. The molecule has 2 aromatic carbocycles. The van der Waals surface area contributed by atoms with Crippen molar-refractivity contribution in [3.8, 4) is 0 Å². The van der Waals surface area contributed by atoms with Crippen molar-refractivity contribution in [2.24, 2.45) is 0 Å². The second-order valence-corrected chi connectivity index (χ2v) is 8.02. The maximum absolute atomic E-state index is 13.4. The number of para-hydroxylation sites is 2. The third-order valence-electron chi connectivity index (χ3n) is 4.74. The summed E-state index contributed by atoms with van der Waals surface area (Å²) >= 11 is 0. The Morgan fingerprint density at radius 1 is 0.957 bits per heavy atom. The molecule has 5 heteroatoms. The number of aryl methyl sites for hydroxylation is 1. The van der Waals surface area contributed by atoms with Gasteiger partial charge in [0.15, 0.2) is 0 Å². The molecule has 0 aromatic heterocycles. The van der Waals surface area contributed by atoms with E-state index in [0.717, 1.165) is 41.8 Å². The Balaban J connectivity index is 1.81. The molecule has 4 nitrogen and oxygen atoms in total. The van der Waals surface area contributed by atoms with E-state index in [2.05, 4.69) is 0 Å². The largest absolute Gasteiger partial charge is 0.326 e. The first-order valence-corrected chi connectivity index (χ1v) is 9.46. The Bertz CT molecular complexity index is 848. The fourth-order valence-electron chi connectivity index (χ4n) is 3.73. The number of anilines is 2. The molecule has 0 spiro atoms. The fraction of sp³-hybridized carbons (Fsp3) is 0.333. The van der Waals surface area contributed by atoms with Crippen molar-refractivity contribution in [2.75, 3.05) is 15.2 Å². The van der Waals surface area contributed by atoms with Gasteiger partial charge in [-0.1, -0.05) is 36.4 Å². The van der Waals surface area contributed by atoms with Crippen LogP contribution in [0, 0.1) is 0 Å². The summed E-state index contributed by atoms with van der Waals surface area (Å²) in [5, 5.41) is 0. The Morgan fingerprint density at radius 2 is 1.61 bits per heavy atom. The third-order valence-corrected chi connectivity index (χ3v) is 6.73. The molecule has 0 aliphatic carbocycles. The highest BCUT2D eigenvalue weighted by Crippen LogP contribution is 2.38. The minimum absolute atomic E-state index is 0.0495. The summed E-state index contributed by atoms with van der Waals surface area (Å²) in [6.45, 7) is 2.53. The summed E-state index contributed by atoms with van der Waals surface area (Å²) in [5.74, 6) is 0. The zero-order valence-corrected chi connectivity index (χ0v) is 14.0. The highest BCUT2D eigenvalue weighted by Gasteiger charge is 2.39. The SMILES string of the molecule is CC1Cc2ccccc2N1S(=O)(=O)N1CCCc2ccccc21. The van der Waals surface area contributed by atoms with Crippen LogP contribution in [-0.2, 0) is 23.1 Å². The predicted octanol–water partition coefficient (Wildman–Crippen LogP) is 3.14. The molecule has 120 valence electrons. The highest BCUT2D eigenvalue weighted by molar-refractivity contribution is 7.94. The van der Waals surface area contributed by atoms with Crippen molar-refractivity contribution in [1.82, 2.24) is 0 Å². The zero-order chi connectivity index (χ0) is 16.0. The van der Waals surface area contributed by atoms with Crippen LogP contribution in [0.15, 0.2) is 48.5 Å². The van der Waals surface area contributed by atoms with Gasteiger partial charge < -0.3 is 0 Å². The third kappa shape index (κ3) is 2.22. The quantitative estimate of drug-likeness (QED) is 0.850. The minimum atomic E-state index is -3.57. The standard InChI is InChI=1S/C18H20N2O2S/c1-14-13-16-8-3-5-11-18(16)20(14)23(21,22)19-12-6-9-15-7-2-4-10-17(15)19/h2-5,7-8,10-11,14H,6,9,12-13H2,1H3. The highest BCUT2D eigenvalue weighted by atomic mass is 32.2. The van der Waals surface area contributed by atoms with Crippen LogP contribution in [0.25, 0.3) is 0 Å². The summed E-state index contributed by atoms with van der Waals surface area (Å²) in [4.78, 5) is 0. The van der Waals surface area contributed by atoms with Crippen molar-refractivity contribution < 1.29 is 8.42 Å². The van der Waals surface area contributed by atoms with Crippen molar-refractivity contribution in [3.63, 3.8) is 0 Å². The van der Waals surface area contributed by atoms with E-state index in [0.29, 0.717) is 6.54 Å². The first-order chi connectivity index (χ1) is 11.1. The van der Waals surface area contributed by atoms with E-state index >= 15 is 0 Å². The van der Waals surface area contributed by atoms with Gasteiger partial charge >= 0.3 is 10.2 Å². The molecule has 0 bridgehead atoms. The van der Waals surface area contributed by atoms with Gasteiger partial charge in [0.05, 0.1) is 11.4 Å². The lowest BCUT2D eigenvalue weighted by Gasteiger charge is -2.36. The van der Waals surface area contributed by atoms with Gasteiger partial charge in [0.2, 0.25) is 0 Å². The lowest BCUT2D eigenvalue weighted by molar-refractivity contribution is 0.575. The molecule has 2 aliphatic heterocycles. The molecule has 0 saturated heterocycles. The topological polar surface area (TPSA) is 40.6 Å². The molecule has 1 atom stereocenters. The molecule has 23 heavy (non-hydrogen) atoms. The Hall–Kier alpha value is -2.01. The molecule has 2 aliphatic rings. The van der Waals surface area contributed by atoms with Gasteiger partial charge in [-0.25, -0.2) is 4.31 Å². The molecule has 0 saturated carbocycles.